The zero-order chi connectivity index (χ0) is 6.85. The Morgan fingerprint density at radius 2 is 2.00 bits per heavy atom. The van der Waals surface area contributed by atoms with Crippen LogP contribution in [0.25, 0.3) is 0 Å². The van der Waals surface area contributed by atoms with Gasteiger partial charge in [-0.3, -0.25) is 0 Å². The molecule has 0 fully saturated rings. The van der Waals surface area contributed by atoms with Gasteiger partial charge in [-0.05, 0) is 12.1 Å². The van der Waals surface area contributed by atoms with Crippen molar-refractivity contribution in [3.63, 3.8) is 0 Å². The first kappa shape index (κ1) is 6.14. The molecule has 2 radical (unpaired) electrons. The van der Waals surface area contributed by atoms with Gasteiger partial charge in [0, 0.05) is 6.07 Å². The molecule has 44 valence electrons. The van der Waals surface area contributed by atoms with E-state index in [1.807, 2.05) is 0 Å². The van der Waals surface area contributed by atoms with E-state index in [1.54, 1.807) is 0 Å². The molecule has 0 spiro atoms. The summed E-state index contributed by atoms with van der Waals surface area (Å²) in [4.78, 5) is 0. The maximum absolute atomic E-state index is 12.2. The molecule has 1 aromatic carbocycles. The molecular formula is C6H4BFO. The summed E-state index contributed by atoms with van der Waals surface area (Å²) in [6, 6.07) is 3.42. The average Bonchev–Trinajstić information content (AvgIpc) is 1.59. The molecule has 0 bridgehead atoms. The molecule has 0 aliphatic rings. The van der Waals surface area contributed by atoms with Gasteiger partial charge in [0.15, 0.2) is 0 Å². The van der Waals surface area contributed by atoms with Crippen LogP contribution in [0.15, 0.2) is 18.2 Å². The number of phenols is 1. The third-order valence-electron chi connectivity index (χ3n) is 0.905. The van der Waals surface area contributed by atoms with Crippen LogP contribution in [0.4, 0.5) is 4.39 Å². The average molecular weight is 122 g/mol. The van der Waals surface area contributed by atoms with Crippen LogP contribution in [0.2, 0.25) is 0 Å². The molecule has 0 amide bonds. The Kier molecular flexibility index (Phi) is 1.43. The van der Waals surface area contributed by atoms with Crippen molar-refractivity contribution < 1.29 is 9.50 Å². The van der Waals surface area contributed by atoms with Crippen molar-refractivity contribution in [2.45, 2.75) is 0 Å². The van der Waals surface area contributed by atoms with Crippen molar-refractivity contribution in [1.82, 2.24) is 0 Å². The third-order valence-corrected chi connectivity index (χ3v) is 0.905. The van der Waals surface area contributed by atoms with Crippen LogP contribution in [-0.4, -0.2) is 13.0 Å². The molecule has 0 atom stereocenters. The van der Waals surface area contributed by atoms with E-state index in [-0.39, 0.29) is 11.2 Å². The van der Waals surface area contributed by atoms with Crippen LogP contribution >= 0.6 is 0 Å². The van der Waals surface area contributed by atoms with E-state index in [4.69, 9.17) is 13.0 Å². The van der Waals surface area contributed by atoms with Crippen LogP contribution in [-0.2, 0) is 0 Å². The highest BCUT2D eigenvalue weighted by atomic mass is 19.1. The highest BCUT2D eigenvalue weighted by Crippen LogP contribution is 2.06. The lowest BCUT2D eigenvalue weighted by molar-refractivity contribution is 0.470. The largest absolute Gasteiger partial charge is 0.508 e. The van der Waals surface area contributed by atoms with Gasteiger partial charge in [0.2, 0.25) is 0 Å². The standard InChI is InChI=1S/C6H4BFO/c7-4-1-5(8)3-6(9)2-4/h1-3,9H. The first-order valence-corrected chi connectivity index (χ1v) is 2.43. The molecule has 3 heteroatoms. The van der Waals surface area contributed by atoms with Gasteiger partial charge in [0.25, 0.3) is 0 Å². The molecule has 1 nitrogen and oxygen atoms in total. The quantitative estimate of drug-likeness (QED) is 0.491. The lowest BCUT2D eigenvalue weighted by Gasteiger charge is -1.93. The lowest BCUT2D eigenvalue weighted by atomic mass is 9.96. The van der Waals surface area contributed by atoms with Crippen LogP contribution in [0.3, 0.4) is 0 Å². The summed E-state index contributed by atoms with van der Waals surface area (Å²) < 4.78 is 12.2. The van der Waals surface area contributed by atoms with Crippen molar-refractivity contribution in [1.29, 1.82) is 0 Å². The second kappa shape index (κ2) is 2.09. The number of aromatic hydroxyl groups is 1. The van der Waals surface area contributed by atoms with Gasteiger partial charge in [-0.25, -0.2) is 4.39 Å². The molecule has 1 aromatic rings. The van der Waals surface area contributed by atoms with Crippen LogP contribution in [0.5, 0.6) is 5.75 Å². The molecule has 1 N–H and O–H groups in total. The van der Waals surface area contributed by atoms with Gasteiger partial charge in [-0.15, -0.1) is 0 Å². The topological polar surface area (TPSA) is 20.2 Å². The van der Waals surface area contributed by atoms with Gasteiger partial charge < -0.3 is 5.11 Å². The summed E-state index contributed by atoms with van der Waals surface area (Å²) in [7, 11) is 5.16. The Hall–Kier alpha value is -0.985. The maximum atomic E-state index is 12.2. The predicted octanol–water partition coefficient (Wildman–Crippen LogP) is 0.325. The molecule has 0 heterocycles. The summed E-state index contributed by atoms with van der Waals surface area (Å²) in [5.74, 6) is -0.667. The van der Waals surface area contributed by atoms with Crippen molar-refractivity contribution in [3.8, 4) is 5.75 Å². The Labute approximate surface area is 53.5 Å². The summed E-state index contributed by atoms with van der Waals surface area (Å²) in [5, 5.41) is 8.67. The molecule has 0 aliphatic carbocycles. The molecule has 9 heavy (non-hydrogen) atoms. The fourth-order valence-corrected chi connectivity index (χ4v) is 0.596. The molecule has 0 aliphatic heterocycles. The summed E-state index contributed by atoms with van der Waals surface area (Å²) >= 11 is 0. The lowest BCUT2D eigenvalue weighted by Crippen LogP contribution is -2.00. The van der Waals surface area contributed by atoms with E-state index in [2.05, 4.69) is 0 Å². The van der Waals surface area contributed by atoms with Gasteiger partial charge in [0.1, 0.15) is 19.4 Å². The number of rotatable bonds is 0. The van der Waals surface area contributed by atoms with Crippen molar-refractivity contribution >= 4 is 13.3 Å². The van der Waals surface area contributed by atoms with Crippen LogP contribution < -0.4 is 5.46 Å². The Morgan fingerprint density at radius 1 is 1.33 bits per heavy atom. The molecule has 0 saturated heterocycles. The van der Waals surface area contributed by atoms with E-state index in [1.165, 1.54) is 6.07 Å². The number of hydrogen-bond donors (Lipinski definition) is 1. The van der Waals surface area contributed by atoms with E-state index in [9.17, 15) is 4.39 Å². The minimum atomic E-state index is -0.521. The van der Waals surface area contributed by atoms with Crippen LogP contribution in [0.1, 0.15) is 0 Å². The highest BCUT2D eigenvalue weighted by Gasteiger charge is 1.92. The van der Waals surface area contributed by atoms with E-state index >= 15 is 0 Å². The summed E-state index contributed by atoms with van der Waals surface area (Å²) in [6.45, 7) is 0. The zero-order valence-corrected chi connectivity index (χ0v) is 4.63. The molecule has 0 unspecified atom stereocenters. The SMILES string of the molecule is [B]c1cc(O)cc(F)c1. The summed E-state index contributed by atoms with van der Waals surface area (Å²) in [5.41, 5.74) is 0.229. The van der Waals surface area contributed by atoms with Gasteiger partial charge >= 0.3 is 0 Å². The second-order valence-electron chi connectivity index (χ2n) is 1.74. The Morgan fingerprint density at radius 3 is 2.44 bits per heavy atom. The normalized spacial score (nSPS) is 9.44. The number of benzene rings is 1. The van der Waals surface area contributed by atoms with Gasteiger partial charge in [-0.1, -0.05) is 5.46 Å². The second-order valence-corrected chi connectivity index (χ2v) is 1.74. The fourth-order valence-electron chi connectivity index (χ4n) is 0.596. The van der Waals surface area contributed by atoms with Crippen molar-refractivity contribution in [3.05, 3.63) is 24.0 Å². The molecular weight excluding hydrogens is 118 g/mol. The Bertz CT molecular complexity index is 174. The van der Waals surface area contributed by atoms with E-state index < -0.39 is 5.82 Å². The van der Waals surface area contributed by atoms with Crippen molar-refractivity contribution in [2.24, 2.45) is 0 Å². The smallest absolute Gasteiger partial charge is 0.126 e. The monoisotopic (exact) mass is 122 g/mol. The first-order valence-electron chi connectivity index (χ1n) is 2.43. The molecule has 1 rings (SSSR count). The fraction of sp³-hybridized carbons (Fsp3) is 0. The Balaban J connectivity index is 3.17. The van der Waals surface area contributed by atoms with Crippen molar-refractivity contribution in [2.75, 3.05) is 0 Å². The predicted molar refractivity (Wildman–Crippen MR) is 33.5 cm³/mol. The number of hydrogen-bond acceptors (Lipinski definition) is 1. The van der Waals surface area contributed by atoms with Gasteiger partial charge in [0.05, 0.1) is 0 Å². The summed E-state index contributed by atoms with van der Waals surface area (Å²) in [6.07, 6.45) is 0. The minimum Gasteiger partial charge on any atom is -0.508 e. The highest BCUT2D eigenvalue weighted by molar-refractivity contribution is 6.32. The first-order chi connectivity index (χ1) is 4.18. The minimum absolute atomic E-state index is 0.146. The number of halogens is 1. The van der Waals surface area contributed by atoms with E-state index in [0.29, 0.717) is 0 Å². The van der Waals surface area contributed by atoms with Gasteiger partial charge in [-0.2, -0.15) is 0 Å². The van der Waals surface area contributed by atoms with Crippen LogP contribution in [0, 0.1) is 5.82 Å². The third kappa shape index (κ3) is 1.45. The zero-order valence-electron chi connectivity index (χ0n) is 4.63. The molecule has 0 aromatic heterocycles. The number of phenolic OH excluding ortho intramolecular Hbond substituents is 1. The van der Waals surface area contributed by atoms with E-state index in [0.717, 1.165) is 12.1 Å². The molecule has 0 saturated carbocycles. The maximum Gasteiger partial charge on any atom is 0.126 e.